The molecule has 0 bridgehead atoms. The number of H-pyrrole nitrogens is 1. The minimum absolute atomic E-state index is 0.0497. The van der Waals surface area contributed by atoms with Crippen LogP contribution in [-0.4, -0.2) is 48.0 Å². The minimum Gasteiger partial charge on any atom is -0.386 e. The summed E-state index contributed by atoms with van der Waals surface area (Å²) in [7, 11) is 0. The molecule has 0 amide bonds. The standard InChI is InChI=1S/C11H11N5O4/c1-2-4-6(17)7(18)10(20-4)16-3-13-5-8(16)14-11(12)15-9(5)19/h1,3-4,6-7,10,17-18H,(H3,12,14,15,19)/t4-,6-,7-,10-/m1/s1. The summed E-state index contributed by atoms with van der Waals surface area (Å²) in [4.78, 5) is 21.8. The zero-order valence-electron chi connectivity index (χ0n) is 10.1. The van der Waals surface area contributed by atoms with Crippen LogP contribution in [0.25, 0.3) is 11.2 Å². The molecule has 20 heavy (non-hydrogen) atoms. The van der Waals surface area contributed by atoms with Crippen LogP contribution < -0.4 is 11.3 Å². The Labute approximate surface area is 112 Å². The van der Waals surface area contributed by atoms with E-state index in [9.17, 15) is 15.0 Å². The predicted molar refractivity (Wildman–Crippen MR) is 67.3 cm³/mol. The van der Waals surface area contributed by atoms with Gasteiger partial charge in [0.05, 0.1) is 6.33 Å². The summed E-state index contributed by atoms with van der Waals surface area (Å²) >= 11 is 0. The van der Waals surface area contributed by atoms with Crippen LogP contribution in [0.15, 0.2) is 11.1 Å². The fourth-order valence-corrected chi connectivity index (χ4v) is 2.16. The molecule has 9 nitrogen and oxygen atoms in total. The minimum atomic E-state index is -1.27. The Morgan fingerprint density at radius 1 is 1.50 bits per heavy atom. The summed E-state index contributed by atoms with van der Waals surface area (Å²) in [5.74, 6) is 2.14. The van der Waals surface area contributed by atoms with Crippen LogP contribution in [0.3, 0.4) is 0 Å². The maximum Gasteiger partial charge on any atom is 0.280 e. The van der Waals surface area contributed by atoms with Crippen molar-refractivity contribution in [3.63, 3.8) is 0 Å². The summed E-state index contributed by atoms with van der Waals surface area (Å²) in [6.45, 7) is 0. The highest BCUT2D eigenvalue weighted by Gasteiger charge is 2.43. The van der Waals surface area contributed by atoms with E-state index >= 15 is 0 Å². The Morgan fingerprint density at radius 3 is 2.90 bits per heavy atom. The average Bonchev–Trinajstić information content (AvgIpc) is 2.93. The fraction of sp³-hybridized carbons (Fsp3) is 0.364. The number of fused-ring (bicyclic) bond motifs is 1. The number of aromatic nitrogens is 4. The maximum atomic E-state index is 11.7. The van der Waals surface area contributed by atoms with Gasteiger partial charge < -0.3 is 20.7 Å². The number of ether oxygens (including phenoxy) is 1. The van der Waals surface area contributed by atoms with Crippen molar-refractivity contribution >= 4 is 17.1 Å². The molecule has 0 unspecified atom stereocenters. The molecule has 3 heterocycles. The lowest BCUT2D eigenvalue weighted by molar-refractivity contribution is -0.0230. The smallest absolute Gasteiger partial charge is 0.280 e. The summed E-state index contributed by atoms with van der Waals surface area (Å²) in [5.41, 5.74) is 5.16. The molecule has 1 aliphatic heterocycles. The molecule has 0 spiro atoms. The molecule has 3 rings (SSSR count). The third-order valence-corrected chi connectivity index (χ3v) is 3.13. The largest absolute Gasteiger partial charge is 0.386 e. The van der Waals surface area contributed by atoms with E-state index in [0.717, 1.165) is 0 Å². The molecule has 104 valence electrons. The van der Waals surface area contributed by atoms with E-state index in [4.69, 9.17) is 16.9 Å². The van der Waals surface area contributed by atoms with Crippen molar-refractivity contribution in [2.24, 2.45) is 0 Å². The van der Waals surface area contributed by atoms with Crippen LogP contribution in [-0.2, 0) is 4.74 Å². The second-order valence-electron chi connectivity index (χ2n) is 4.37. The third-order valence-electron chi connectivity index (χ3n) is 3.13. The van der Waals surface area contributed by atoms with Crippen molar-refractivity contribution in [2.75, 3.05) is 5.73 Å². The van der Waals surface area contributed by atoms with Gasteiger partial charge in [-0.3, -0.25) is 14.3 Å². The zero-order valence-corrected chi connectivity index (χ0v) is 10.1. The Balaban J connectivity index is 2.12. The monoisotopic (exact) mass is 277 g/mol. The maximum absolute atomic E-state index is 11.7. The van der Waals surface area contributed by atoms with E-state index in [1.165, 1.54) is 10.9 Å². The molecule has 1 aliphatic rings. The Bertz CT molecular complexity index is 760. The number of nitrogens with zero attached hydrogens (tertiary/aromatic N) is 3. The number of rotatable bonds is 1. The number of nitrogen functional groups attached to an aromatic ring is 1. The van der Waals surface area contributed by atoms with Gasteiger partial charge in [-0.05, 0) is 0 Å². The zero-order chi connectivity index (χ0) is 14.4. The number of anilines is 1. The molecule has 2 aromatic rings. The lowest BCUT2D eigenvalue weighted by Gasteiger charge is -2.16. The second-order valence-corrected chi connectivity index (χ2v) is 4.37. The van der Waals surface area contributed by atoms with Gasteiger partial charge >= 0.3 is 0 Å². The summed E-state index contributed by atoms with van der Waals surface area (Å²) in [6.07, 6.45) is 2.02. The van der Waals surface area contributed by atoms with Crippen LogP contribution in [0.5, 0.6) is 0 Å². The van der Waals surface area contributed by atoms with Crippen LogP contribution in [0.1, 0.15) is 6.23 Å². The molecule has 5 N–H and O–H groups in total. The summed E-state index contributed by atoms with van der Waals surface area (Å²) in [6, 6.07) is 0. The molecule has 1 fully saturated rings. The lowest BCUT2D eigenvalue weighted by atomic mass is 10.1. The summed E-state index contributed by atoms with van der Waals surface area (Å²) in [5, 5.41) is 19.7. The quantitative estimate of drug-likeness (QED) is 0.440. The number of aromatic amines is 1. The van der Waals surface area contributed by atoms with Crippen LogP contribution in [0.2, 0.25) is 0 Å². The van der Waals surface area contributed by atoms with Gasteiger partial charge in [-0.15, -0.1) is 6.42 Å². The Morgan fingerprint density at radius 2 is 2.25 bits per heavy atom. The second kappa shape index (κ2) is 4.31. The first-order valence-corrected chi connectivity index (χ1v) is 5.73. The van der Waals surface area contributed by atoms with Crippen molar-refractivity contribution in [1.29, 1.82) is 0 Å². The Hall–Kier alpha value is -2.41. The predicted octanol–water partition coefficient (Wildman–Crippen LogP) is -2.05. The number of hydrogen-bond donors (Lipinski definition) is 4. The van der Waals surface area contributed by atoms with E-state index in [1.54, 1.807) is 0 Å². The molecular formula is C11H11N5O4. The number of nitrogens with two attached hydrogens (primary N) is 1. The van der Waals surface area contributed by atoms with E-state index in [1.807, 2.05) is 0 Å². The molecule has 1 saturated heterocycles. The normalized spacial score (nSPS) is 29.6. The fourth-order valence-electron chi connectivity index (χ4n) is 2.16. The van der Waals surface area contributed by atoms with Gasteiger partial charge in [0.25, 0.3) is 5.56 Å². The van der Waals surface area contributed by atoms with Gasteiger partial charge in [-0.1, -0.05) is 5.92 Å². The molecule has 4 atom stereocenters. The molecule has 0 aliphatic carbocycles. The van der Waals surface area contributed by atoms with Crippen LogP contribution >= 0.6 is 0 Å². The lowest BCUT2D eigenvalue weighted by Crippen LogP contribution is -2.30. The van der Waals surface area contributed by atoms with Gasteiger partial charge in [-0.2, -0.15) is 4.98 Å². The van der Waals surface area contributed by atoms with Gasteiger partial charge in [-0.25, -0.2) is 4.98 Å². The highest BCUT2D eigenvalue weighted by Crippen LogP contribution is 2.30. The molecule has 0 saturated carbocycles. The first kappa shape index (κ1) is 12.6. The average molecular weight is 277 g/mol. The highest BCUT2D eigenvalue weighted by molar-refractivity contribution is 5.70. The van der Waals surface area contributed by atoms with Crippen molar-refractivity contribution < 1.29 is 14.9 Å². The number of terminal acetylenes is 1. The summed E-state index contributed by atoms with van der Waals surface area (Å²) < 4.78 is 6.67. The Kier molecular flexibility index (Phi) is 2.72. The molecule has 9 heteroatoms. The van der Waals surface area contributed by atoms with E-state index < -0.39 is 30.1 Å². The number of nitrogens with one attached hydrogen (secondary N) is 1. The number of imidazole rings is 1. The van der Waals surface area contributed by atoms with Gasteiger partial charge in [0.15, 0.2) is 17.4 Å². The van der Waals surface area contributed by atoms with E-state index in [0.29, 0.717) is 0 Å². The number of aliphatic hydroxyl groups excluding tert-OH is 2. The number of hydrogen-bond acceptors (Lipinski definition) is 7. The van der Waals surface area contributed by atoms with Gasteiger partial charge in [0.1, 0.15) is 18.3 Å². The SMILES string of the molecule is C#C[C@H]1O[C@@H](n2cnc3c(=O)[nH]c(N)nc32)[C@H](O)[C@@H]1O. The topological polar surface area (TPSA) is 139 Å². The molecule has 0 radical (unpaired) electrons. The first-order valence-electron chi connectivity index (χ1n) is 5.73. The molecule has 0 aromatic carbocycles. The third kappa shape index (κ3) is 1.67. The van der Waals surface area contributed by atoms with Crippen LogP contribution in [0.4, 0.5) is 5.95 Å². The molecule has 2 aromatic heterocycles. The van der Waals surface area contributed by atoms with Crippen molar-refractivity contribution in [2.45, 2.75) is 24.5 Å². The van der Waals surface area contributed by atoms with E-state index in [-0.39, 0.29) is 17.1 Å². The number of aliphatic hydroxyl groups is 2. The van der Waals surface area contributed by atoms with E-state index in [2.05, 4.69) is 20.9 Å². The highest BCUT2D eigenvalue weighted by atomic mass is 16.6. The van der Waals surface area contributed by atoms with Gasteiger partial charge in [0.2, 0.25) is 5.95 Å². The van der Waals surface area contributed by atoms with Crippen molar-refractivity contribution in [3.8, 4) is 12.3 Å². The van der Waals surface area contributed by atoms with Gasteiger partial charge in [0, 0.05) is 0 Å². The first-order chi connectivity index (χ1) is 9.52. The molecular weight excluding hydrogens is 266 g/mol. The van der Waals surface area contributed by atoms with Crippen LogP contribution in [0, 0.1) is 12.3 Å². The van der Waals surface area contributed by atoms with Crippen molar-refractivity contribution in [1.82, 2.24) is 19.5 Å². The van der Waals surface area contributed by atoms with Crippen molar-refractivity contribution in [3.05, 3.63) is 16.7 Å².